The molecule has 23 heavy (non-hydrogen) atoms. The van der Waals surface area contributed by atoms with Crippen LogP contribution in [0.15, 0.2) is 34.2 Å². The van der Waals surface area contributed by atoms with Crippen LogP contribution in [0.2, 0.25) is 5.02 Å². The van der Waals surface area contributed by atoms with E-state index in [1.165, 1.54) is 0 Å². The van der Waals surface area contributed by atoms with Gasteiger partial charge in [0.05, 0.1) is 11.4 Å². The van der Waals surface area contributed by atoms with Crippen molar-refractivity contribution in [1.82, 2.24) is 4.72 Å². The monoisotopic (exact) mass is 390 g/mol. The van der Waals surface area contributed by atoms with Crippen molar-refractivity contribution in [1.29, 1.82) is 0 Å². The quantitative estimate of drug-likeness (QED) is 0.850. The SMILES string of the molecule is O=S(=O)(N[C@H]1CCCC[C@@H]1SC1=NCCS1)c1ccc(Cl)cc1. The fourth-order valence-electron chi connectivity index (χ4n) is 2.77. The molecule has 3 rings (SSSR count). The average molecular weight is 391 g/mol. The van der Waals surface area contributed by atoms with Crippen LogP contribution in [0.5, 0.6) is 0 Å². The number of sulfonamides is 1. The van der Waals surface area contributed by atoms with Gasteiger partial charge in [0.25, 0.3) is 0 Å². The minimum Gasteiger partial charge on any atom is -0.271 e. The van der Waals surface area contributed by atoms with Gasteiger partial charge in [-0.1, -0.05) is 48.0 Å². The second-order valence-electron chi connectivity index (χ2n) is 5.62. The van der Waals surface area contributed by atoms with Gasteiger partial charge in [0.1, 0.15) is 4.38 Å². The lowest BCUT2D eigenvalue weighted by molar-refractivity contribution is 0.424. The van der Waals surface area contributed by atoms with Crippen LogP contribution < -0.4 is 4.72 Å². The predicted octanol–water partition coefficient (Wildman–Crippen LogP) is 3.77. The first-order valence-corrected chi connectivity index (χ1v) is 11.4. The van der Waals surface area contributed by atoms with Crippen LogP contribution in [-0.2, 0) is 10.0 Å². The highest BCUT2D eigenvalue weighted by molar-refractivity contribution is 8.39. The van der Waals surface area contributed by atoms with Crippen molar-refractivity contribution in [3.05, 3.63) is 29.3 Å². The molecule has 1 fully saturated rings. The summed E-state index contributed by atoms with van der Waals surface area (Å²) in [7, 11) is -3.51. The molecule has 8 heteroatoms. The van der Waals surface area contributed by atoms with Crippen LogP contribution in [0, 0.1) is 0 Å². The number of nitrogens with one attached hydrogen (secondary N) is 1. The zero-order valence-corrected chi connectivity index (χ0v) is 15.8. The largest absolute Gasteiger partial charge is 0.271 e. The van der Waals surface area contributed by atoms with Crippen molar-refractivity contribution in [3.8, 4) is 0 Å². The van der Waals surface area contributed by atoms with Gasteiger partial charge in [-0.15, -0.1) is 0 Å². The molecule has 1 aromatic rings. The van der Waals surface area contributed by atoms with E-state index in [-0.39, 0.29) is 16.2 Å². The summed E-state index contributed by atoms with van der Waals surface area (Å²) in [6, 6.07) is 6.26. The third-order valence-electron chi connectivity index (χ3n) is 3.94. The van der Waals surface area contributed by atoms with E-state index in [1.807, 2.05) is 0 Å². The van der Waals surface area contributed by atoms with E-state index in [2.05, 4.69) is 9.71 Å². The zero-order valence-electron chi connectivity index (χ0n) is 12.6. The van der Waals surface area contributed by atoms with Crippen LogP contribution in [0.25, 0.3) is 0 Å². The molecule has 0 saturated heterocycles. The minimum atomic E-state index is -3.51. The number of nitrogens with zero attached hydrogens (tertiary/aromatic N) is 1. The Bertz CT molecular complexity index is 676. The summed E-state index contributed by atoms with van der Waals surface area (Å²) in [5.41, 5.74) is 0. The number of hydrogen-bond acceptors (Lipinski definition) is 5. The molecule has 0 amide bonds. The first-order chi connectivity index (χ1) is 11.0. The van der Waals surface area contributed by atoms with Gasteiger partial charge in [-0.2, -0.15) is 0 Å². The number of thioether (sulfide) groups is 2. The Morgan fingerprint density at radius 3 is 2.65 bits per heavy atom. The molecule has 0 bridgehead atoms. The molecule has 1 N–H and O–H groups in total. The molecule has 1 aliphatic carbocycles. The van der Waals surface area contributed by atoms with Crippen molar-refractivity contribution in [2.24, 2.45) is 4.99 Å². The van der Waals surface area contributed by atoms with Gasteiger partial charge in [0, 0.05) is 22.1 Å². The van der Waals surface area contributed by atoms with Crippen molar-refractivity contribution in [2.75, 3.05) is 12.3 Å². The molecule has 1 aliphatic heterocycles. The fraction of sp³-hybridized carbons (Fsp3) is 0.533. The minimum absolute atomic E-state index is 0.0432. The molecule has 2 aliphatic rings. The summed E-state index contributed by atoms with van der Waals surface area (Å²) < 4.78 is 29.2. The Morgan fingerprint density at radius 2 is 1.96 bits per heavy atom. The van der Waals surface area contributed by atoms with E-state index < -0.39 is 10.0 Å². The van der Waals surface area contributed by atoms with Gasteiger partial charge in [0.2, 0.25) is 10.0 Å². The topological polar surface area (TPSA) is 58.5 Å². The smallest absolute Gasteiger partial charge is 0.240 e. The normalized spacial score (nSPS) is 25.3. The second kappa shape index (κ2) is 7.78. The summed E-state index contributed by atoms with van der Waals surface area (Å²) in [6.07, 6.45) is 4.11. The molecule has 1 heterocycles. The van der Waals surface area contributed by atoms with Gasteiger partial charge in [-0.3, -0.25) is 4.99 Å². The van der Waals surface area contributed by atoms with Gasteiger partial charge in [0.15, 0.2) is 0 Å². The summed E-state index contributed by atoms with van der Waals surface area (Å²) >= 11 is 9.35. The molecule has 0 aromatic heterocycles. The maximum absolute atomic E-state index is 12.6. The van der Waals surface area contributed by atoms with Gasteiger partial charge < -0.3 is 0 Å². The average Bonchev–Trinajstić information content (AvgIpc) is 3.02. The molecular formula is C15H19ClN2O2S3. The summed E-state index contributed by atoms with van der Waals surface area (Å²) in [5, 5.41) is 0.793. The van der Waals surface area contributed by atoms with Crippen LogP contribution in [0.4, 0.5) is 0 Å². The Morgan fingerprint density at radius 1 is 1.22 bits per heavy atom. The summed E-state index contributed by atoms with van der Waals surface area (Å²) in [5.74, 6) is 1.04. The molecule has 2 atom stereocenters. The standard InChI is InChI=1S/C15H19ClN2O2S3/c16-11-5-7-12(8-6-11)23(19,20)18-13-3-1-2-4-14(13)22-15-17-9-10-21-15/h5-8,13-14,18H,1-4,9-10H2/t13-,14-/m0/s1. The van der Waals surface area contributed by atoms with E-state index in [0.29, 0.717) is 5.02 Å². The van der Waals surface area contributed by atoms with Crippen molar-refractivity contribution < 1.29 is 8.42 Å². The number of aliphatic imine (C=N–C) groups is 1. The number of halogens is 1. The van der Waals surface area contributed by atoms with Gasteiger partial charge >= 0.3 is 0 Å². The lowest BCUT2D eigenvalue weighted by Crippen LogP contribution is -2.44. The van der Waals surface area contributed by atoms with Crippen molar-refractivity contribution in [2.45, 2.75) is 41.9 Å². The Balaban J connectivity index is 1.71. The second-order valence-corrected chi connectivity index (χ2v) is 10.3. The highest BCUT2D eigenvalue weighted by Crippen LogP contribution is 2.35. The fourth-order valence-corrected chi connectivity index (χ4v) is 6.80. The summed E-state index contributed by atoms with van der Waals surface area (Å²) in [4.78, 5) is 4.75. The first kappa shape index (κ1) is 17.6. The zero-order chi connectivity index (χ0) is 16.3. The first-order valence-electron chi connectivity index (χ1n) is 7.66. The molecule has 0 spiro atoms. The van der Waals surface area contributed by atoms with E-state index in [1.54, 1.807) is 47.8 Å². The highest BCUT2D eigenvalue weighted by Gasteiger charge is 2.31. The lowest BCUT2D eigenvalue weighted by Gasteiger charge is -2.31. The number of hydrogen-bond donors (Lipinski definition) is 1. The number of rotatable bonds is 4. The van der Waals surface area contributed by atoms with E-state index in [4.69, 9.17) is 11.6 Å². The Hall–Kier alpha value is -0.210. The van der Waals surface area contributed by atoms with Gasteiger partial charge in [-0.25, -0.2) is 13.1 Å². The van der Waals surface area contributed by atoms with Crippen molar-refractivity contribution >= 4 is 49.5 Å². The van der Waals surface area contributed by atoms with E-state index in [0.717, 1.165) is 42.4 Å². The van der Waals surface area contributed by atoms with E-state index in [9.17, 15) is 8.42 Å². The van der Waals surface area contributed by atoms with Crippen molar-refractivity contribution in [3.63, 3.8) is 0 Å². The third-order valence-corrected chi connectivity index (χ3v) is 8.30. The molecule has 1 saturated carbocycles. The Kier molecular flexibility index (Phi) is 5.96. The summed E-state index contributed by atoms with van der Waals surface area (Å²) in [6.45, 7) is 0.876. The third kappa shape index (κ3) is 4.66. The van der Waals surface area contributed by atoms with E-state index >= 15 is 0 Å². The predicted molar refractivity (Wildman–Crippen MR) is 100 cm³/mol. The molecule has 1 aromatic carbocycles. The lowest BCUT2D eigenvalue weighted by atomic mass is 9.96. The molecule has 0 unspecified atom stereocenters. The molecular weight excluding hydrogens is 372 g/mol. The Labute approximate surface area is 150 Å². The van der Waals surface area contributed by atoms with Crippen LogP contribution in [-0.4, -0.2) is 36.4 Å². The van der Waals surface area contributed by atoms with Gasteiger partial charge in [-0.05, 0) is 37.1 Å². The maximum atomic E-state index is 12.6. The molecule has 126 valence electrons. The van der Waals surface area contributed by atoms with Crippen LogP contribution in [0.1, 0.15) is 25.7 Å². The maximum Gasteiger partial charge on any atom is 0.240 e. The molecule has 0 radical (unpaired) electrons. The number of benzene rings is 1. The molecule has 4 nitrogen and oxygen atoms in total. The van der Waals surface area contributed by atoms with Crippen LogP contribution >= 0.6 is 35.1 Å². The van der Waals surface area contributed by atoms with Crippen LogP contribution in [0.3, 0.4) is 0 Å². The highest BCUT2D eigenvalue weighted by atomic mass is 35.5.